The molecule has 0 fully saturated rings. The van der Waals surface area contributed by atoms with E-state index >= 15 is 0 Å². The predicted molar refractivity (Wildman–Crippen MR) is 93.2 cm³/mol. The van der Waals surface area contributed by atoms with Gasteiger partial charge in [0.1, 0.15) is 5.82 Å². The van der Waals surface area contributed by atoms with E-state index in [-0.39, 0.29) is 10.8 Å². The number of rotatable bonds is 8. The van der Waals surface area contributed by atoms with Crippen LogP contribution in [0.25, 0.3) is 0 Å². The molecular formula is C19H36N2. The number of nitrogens with one attached hydrogen (secondary N) is 1. The minimum Gasteiger partial charge on any atom is -0.345 e. The van der Waals surface area contributed by atoms with E-state index in [0.29, 0.717) is 5.92 Å². The zero-order valence-corrected chi connectivity index (χ0v) is 15.6. The highest BCUT2D eigenvalue weighted by molar-refractivity contribution is 5.28. The van der Waals surface area contributed by atoms with Crippen molar-refractivity contribution in [3.8, 4) is 0 Å². The van der Waals surface area contributed by atoms with Crippen LogP contribution in [-0.4, -0.2) is 9.97 Å². The third-order valence-electron chi connectivity index (χ3n) is 5.00. The molecule has 0 bridgehead atoms. The summed E-state index contributed by atoms with van der Waals surface area (Å²) >= 11 is 0. The van der Waals surface area contributed by atoms with Gasteiger partial charge in [-0.25, -0.2) is 4.98 Å². The molecule has 1 N–H and O–H groups in total. The Hall–Kier alpha value is -0.790. The molecule has 1 aromatic heterocycles. The molecule has 0 amide bonds. The van der Waals surface area contributed by atoms with Gasteiger partial charge in [-0.05, 0) is 19.3 Å². The molecule has 1 heterocycles. The minimum absolute atomic E-state index is 0.136. The lowest BCUT2D eigenvalue weighted by Gasteiger charge is -2.25. The number of hydrogen-bond donors (Lipinski definition) is 1. The predicted octanol–water partition coefficient (Wildman–Crippen LogP) is 6.08. The Balaban J connectivity index is 3.31. The fourth-order valence-corrected chi connectivity index (χ4v) is 3.07. The second-order valence-electron chi connectivity index (χ2n) is 7.91. The highest BCUT2D eigenvalue weighted by atomic mass is 15.0. The molecule has 0 aliphatic carbocycles. The van der Waals surface area contributed by atoms with E-state index in [4.69, 9.17) is 4.98 Å². The van der Waals surface area contributed by atoms with Gasteiger partial charge >= 0.3 is 0 Å². The molecule has 2 heteroatoms. The first kappa shape index (κ1) is 18.3. The molecule has 2 nitrogen and oxygen atoms in total. The third-order valence-corrected chi connectivity index (χ3v) is 5.00. The number of aromatic nitrogens is 2. The van der Waals surface area contributed by atoms with Crippen LogP contribution in [0.2, 0.25) is 0 Å². The molecule has 0 aliphatic rings. The van der Waals surface area contributed by atoms with E-state index in [1.165, 1.54) is 42.9 Å². The lowest BCUT2D eigenvalue weighted by atomic mass is 9.82. The van der Waals surface area contributed by atoms with E-state index in [0.717, 1.165) is 6.42 Å². The molecule has 0 spiro atoms. The number of H-pyrrole nitrogens is 1. The Morgan fingerprint density at radius 3 is 2.10 bits per heavy atom. The van der Waals surface area contributed by atoms with Gasteiger partial charge < -0.3 is 4.98 Å². The highest BCUT2D eigenvalue weighted by Gasteiger charge is 2.31. The number of hydrogen-bond acceptors (Lipinski definition) is 1. The average Bonchev–Trinajstić information content (AvgIpc) is 2.85. The fraction of sp³-hybridized carbons (Fsp3) is 0.842. The third kappa shape index (κ3) is 4.11. The standard InChI is InChI=1S/C19H36N2/c1-9-12-14(4)15-16(18(5,6)11-3)21-17(20-15)19(7,8)13-10-2/h14H,9-13H2,1-8H3,(H,20,21). The lowest BCUT2D eigenvalue weighted by molar-refractivity contribution is 0.441. The van der Waals surface area contributed by atoms with E-state index in [1.807, 2.05) is 0 Å². The van der Waals surface area contributed by atoms with Gasteiger partial charge in [0.2, 0.25) is 0 Å². The van der Waals surface area contributed by atoms with E-state index in [9.17, 15) is 0 Å². The first-order valence-electron chi connectivity index (χ1n) is 8.80. The van der Waals surface area contributed by atoms with Gasteiger partial charge in [-0.15, -0.1) is 0 Å². The van der Waals surface area contributed by atoms with Crippen LogP contribution < -0.4 is 0 Å². The maximum atomic E-state index is 5.08. The van der Waals surface area contributed by atoms with Crippen LogP contribution in [-0.2, 0) is 10.8 Å². The van der Waals surface area contributed by atoms with Crippen LogP contribution in [0.3, 0.4) is 0 Å². The Bertz CT molecular complexity index is 440. The van der Waals surface area contributed by atoms with Crippen molar-refractivity contribution >= 4 is 0 Å². The summed E-state index contributed by atoms with van der Waals surface area (Å²) in [5.41, 5.74) is 2.98. The summed E-state index contributed by atoms with van der Waals surface area (Å²) in [5, 5.41) is 0. The van der Waals surface area contributed by atoms with Gasteiger partial charge in [0.15, 0.2) is 0 Å². The molecule has 122 valence electrons. The van der Waals surface area contributed by atoms with Gasteiger partial charge in [0, 0.05) is 22.4 Å². The topological polar surface area (TPSA) is 28.7 Å². The summed E-state index contributed by atoms with van der Waals surface area (Å²) in [6, 6.07) is 0. The van der Waals surface area contributed by atoms with Gasteiger partial charge in [-0.3, -0.25) is 0 Å². The maximum absolute atomic E-state index is 5.08. The first-order valence-corrected chi connectivity index (χ1v) is 8.80. The van der Waals surface area contributed by atoms with E-state index in [2.05, 4.69) is 60.4 Å². The quantitative estimate of drug-likeness (QED) is 0.618. The van der Waals surface area contributed by atoms with Crippen molar-refractivity contribution in [2.45, 2.75) is 104 Å². The van der Waals surface area contributed by atoms with Gasteiger partial charge in [0.25, 0.3) is 0 Å². The second kappa shape index (κ2) is 6.98. The lowest BCUT2D eigenvalue weighted by Crippen LogP contribution is -2.21. The molecule has 0 aromatic carbocycles. The van der Waals surface area contributed by atoms with Crippen molar-refractivity contribution in [3.05, 3.63) is 17.2 Å². The number of imidazole rings is 1. The highest BCUT2D eigenvalue weighted by Crippen LogP contribution is 2.36. The van der Waals surface area contributed by atoms with Crippen molar-refractivity contribution < 1.29 is 0 Å². The maximum Gasteiger partial charge on any atom is 0.112 e. The van der Waals surface area contributed by atoms with Crippen molar-refractivity contribution in [2.24, 2.45) is 0 Å². The monoisotopic (exact) mass is 292 g/mol. The molecule has 1 rings (SSSR count). The summed E-state index contributed by atoms with van der Waals surface area (Å²) < 4.78 is 0. The normalized spacial score (nSPS) is 14.5. The smallest absolute Gasteiger partial charge is 0.112 e. The van der Waals surface area contributed by atoms with Crippen LogP contribution in [0.4, 0.5) is 0 Å². The second-order valence-corrected chi connectivity index (χ2v) is 7.91. The van der Waals surface area contributed by atoms with Crippen molar-refractivity contribution in [3.63, 3.8) is 0 Å². The summed E-state index contributed by atoms with van der Waals surface area (Å²) in [5.74, 6) is 1.72. The summed E-state index contributed by atoms with van der Waals surface area (Å²) in [4.78, 5) is 8.80. The van der Waals surface area contributed by atoms with Crippen molar-refractivity contribution in [2.75, 3.05) is 0 Å². The molecule has 1 aromatic rings. The molecule has 1 atom stereocenters. The average molecular weight is 293 g/mol. The van der Waals surface area contributed by atoms with E-state index < -0.39 is 0 Å². The van der Waals surface area contributed by atoms with Crippen LogP contribution in [0, 0.1) is 0 Å². The Morgan fingerprint density at radius 1 is 1.00 bits per heavy atom. The molecule has 0 saturated carbocycles. The van der Waals surface area contributed by atoms with Gasteiger partial charge in [-0.2, -0.15) is 0 Å². The summed E-state index contributed by atoms with van der Waals surface area (Å²) in [6.45, 7) is 18.4. The van der Waals surface area contributed by atoms with Crippen LogP contribution >= 0.6 is 0 Å². The molecule has 21 heavy (non-hydrogen) atoms. The SMILES string of the molecule is CCCC(C)c1nc(C(C)(C)CCC)[nH]c1C(C)(C)CC. The van der Waals surface area contributed by atoms with E-state index in [1.54, 1.807) is 0 Å². The molecule has 1 unspecified atom stereocenters. The van der Waals surface area contributed by atoms with Crippen LogP contribution in [0.1, 0.15) is 111 Å². The molecule has 0 aliphatic heterocycles. The summed E-state index contributed by atoms with van der Waals surface area (Å²) in [6.07, 6.45) is 5.93. The van der Waals surface area contributed by atoms with Crippen molar-refractivity contribution in [1.29, 1.82) is 0 Å². The molecule has 0 radical (unpaired) electrons. The zero-order chi connectivity index (χ0) is 16.3. The number of aromatic amines is 1. The van der Waals surface area contributed by atoms with Crippen molar-refractivity contribution in [1.82, 2.24) is 9.97 Å². The van der Waals surface area contributed by atoms with Crippen LogP contribution in [0.5, 0.6) is 0 Å². The zero-order valence-electron chi connectivity index (χ0n) is 15.6. The first-order chi connectivity index (χ1) is 9.69. The number of nitrogens with zero attached hydrogens (tertiary/aromatic N) is 1. The van der Waals surface area contributed by atoms with Gasteiger partial charge in [-0.1, -0.05) is 68.2 Å². The van der Waals surface area contributed by atoms with Gasteiger partial charge in [0.05, 0.1) is 5.69 Å². The summed E-state index contributed by atoms with van der Waals surface area (Å²) in [7, 11) is 0. The largest absolute Gasteiger partial charge is 0.345 e. The molecular weight excluding hydrogens is 256 g/mol. The Morgan fingerprint density at radius 2 is 1.62 bits per heavy atom. The Kier molecular flexibility index (Phi) is 6.07. The fourth-order valence-electron chi connectivity index (χ4n) is 3.07. The Labute approximate surface area is 132 Å². The minimum atomic E-state index is 0.136. The molecule has 0 saturated heterocycles. The van der Waals surface area contributed by atoms with Crippen LogP contribution in [0.15, 0.2) is 0 Å².